The van der Waals surface area contributed by atoms with E-state index >= 15 is 0 Å². The van der Waals surface area contributed by atoms with Gasteiger partial charge in [0.1, 0.15) is 0 Å². The number of hydrogen-bond donors (Lipinski definition) is 1. The second kappa shape index (κ2) is 7.37. The predicted molar refractivity (Wildman–Crippen MR) is 59.9 cm³/mol. The molecule has 1 fully saturated rings. The number of unbranched alkanes of at least 4 members (excludes halogenated alkanes) is 3. The minimum atomic E-state index is -0.546. The minimum Gasteiger partial charge on any atom is -0.396 e. The second-order valence-corrected chi connectivity index (χ2v) is 5.52. The van der Waals surface area contributed by atoms with Crippen molar-refractivity contribution in [2.24, 2.45) is 0 Å². The maximum atomic E-state index is 11.1. The van der Waals surface area contributed by atoms with Crippen LogP contribution in [0.5, 0.6) is 0 Å². The van der Waals surface area contributed by atoms with Crippen molar-refractivity contribution < 1.29 is 9.32 Å². The van der Waals surface area contributed by atoms with E-state index in [-0.39, 0.29) is 0 Å². The fraction of sp³-hybridized carbons (Fsp3) is 1.00. The molecule has 0 bridgehead atoms. The SMILES string of the molecule is O=S1CCN(CCCCCCO)CC1. The Kier molecular flexibility index (Phi) is 6.39. The van der Waals surface area contributed by atoms with Gasteiger partial charge in [-0.15, -0.1) is 0 Å². The fourth-order valence-electron chi connectivity index (χ4n) is 1.70. The largest absolute Gasteiger partial charge is 0.396 e. The minimum absolute atomic E-state index is 0.322. The summed E-state index contributed by atoms with van der Waals surface area (Å²) in [7, 11) is -0.546. The number of aliphatic hydroxyl groups excluding tert-OH is 1. The molecule has 0 aromatic rings. The van der Waals surface area contributed by atoms with Gasteiger partial charge in [-0.1, -0.05) is 12.8 Å². The van der Waals surface area contributed by atoms with Crippen LogP contribution >= 0.6 is 0 Å². The molecular weight excluding hydrogens is 198 g/mol. The monoisotopic (exact) mass is 219 g/mol. The number of hydrogen-bond acceptors (Lipinski definition) is 3. The van der Waals surface area contributed by atoms with Gasteiger partial charge in [-0.05, 0) is 19.4 Å². The number of aliphatic hydroxyl groups is 1. The van der Waals surface area contributed by atoms with Crippen LogP contribution in [0.15, 0.2) is 0 Å². The van der Waals surface area contributed by atoms with Crippen LogP contribution in [0.1, 0.15) is 25.7 Å². The van der Waals surface area contributed by atoms with Gasteiger partial charge in [0.15, 0.2) is 0 Å². The van der Waals surface area contributed by atoms with E-state index in [0.717, 1.165) is 44.0 Å². The molecule has 1 saturated heterocycles. The van der Waals surface area contributed by atoms with E-state index in [9.17, 15) is 4.21 Å². The van der Waals surface area contributed by atoms with Gasteiger partial charge < -0.3 is 10.0 Å². The fourth-order valence-corrected chi connectivity index (χ4v) is 2.83. The smallest absolute Gasteiger partial charge is 0.0431 e. The van der Waals surface area contributed by atoms with Crippen LogP contribution in [0.2, 0.25) is 0 Å². The first-order valence-corrected chi connectivity index (χ1v) is 7.00. The van der Waals surface area contributed by atoms with Gasteiger partial charge in [0.05, 0.1) is 0 Å². The van der Waals surface area contributed by atoms with Gasteiger partial charge >= 0.3 is 0 Å². The van der Waals surface area contributed by atoms with Crippen LogP contribution in [0.25, 0.3) is 0 Å². The first-order chi connectivity index (χ1) is 6.83. The van der Waals surface area contributed by atoms with Crippen molar-refractivity contribution in [2.45, 2.75) is 25.7 Å². The van der Waals surface area contributed by atoms with E-state index < -0.39 is 10.8 Å². The highest BCUT2D eigenvalue weighted by Crippen LogP contribution is 2.04. The van der Waals surface area contributed by atoms with Crippen molar-refractivity contribution in [3.05, 3.63) is 0 Å². The third kappa shape index (κ3) is 5.08. The summed E-state index contributed by atoms with van der Waals surface area (Å²) in [6, 6.07) is 0. The van der Waals surface area contributed by atoms with Gasteiger partial charge in [-0.3, -0.25) is 4.21 Å². The van der Waals surface area contributed by atoms with Crippen molar-refractivity contribution in [3.63, 3.8) is 0 Å². The third-order valence-corrected chi connectivity index (χ3v) is 3.93. The van der Waals surface area contributed by atoms with E-state index in [2.05, 4.69) is 4.90 Å². The molecule has 0 atom stereocenters. The maximum Gasteiger partial charge on any atom is 0.0431 e. The Balaban J connectivity index is 1.94. The highest BCUT2D eigenvalue weighted by atomic mass is 32.2. The quantitative estimate of drug-likeness (QED) is 0.665. The van der Waals surface area contributed by atoms with Gasteiger partial charge in [-0.25, -0.2) is 0 Å². The molecule has 0 aromatic carbocycles. The molecule has 1 N–H and O–H groups in total. The third-order valence-electron chi connectivity index (χ3n) is 2.65. The molecule has 0 aliphatic carbocycles. The van der Waals surface area contributed by atoms with E-state index in [4.69, 9.17) is 5.11 Å². The Labute approximate surface area is 88.9 Å². The lowest BCUT2D eigenvalue weighted by Gasteiger charge is -2.25. The molecule has 1 aliphatic rings. The molecule has 1 aliphatic heterocycles. The number of nitrogens with zero attached hydrogens (tertiary/aromatic N) is 1. The van der Waals surface area contributed by atoms with Crippen LogP contribution in [0.3, 0.4) is 0 Å². The Hall–Kier alpha value is 0.0700. The van der Waals surface area contributed by atoms with E-state index in [1.54, 1.807) is 0 Å². The lowest BCUT2D eigenvalue weighted by atomic mass is 10.2. The summed E-state index contributed by atoms with van der Waals surface area (Å²) in [6.45, 7) is 3.48. The van der Waals surface area contributed by atoms with Crippen LogP contribution in [0.4, 0.5) is 0 Å². The lowest BCUT2D eigenvalue weighted by Crippen LogP contribution is -2.38. The molecule has 0 aromatic heterocycles. The van der Waals surface area contributed by atoms with Crippen molar-refractivity contribution >= 4 is 10.8 Å². The average molecular weight is 219 g/mol. The summed E-state index contributed by atoms with van der Waals surface area (Å²) in [5.41, 5.74) is 0. The molecular formula is C10H21NO2S. The summed E-state index contributed by atoms with van der Waals surface area (Å²) in [5, 5.41) is 8.60. The maximum absolute atomic E-state index is 11.1. The van der Waals surface area contributed by atoms with Crippen molar-refractivity contribution in [2.75, 3.05) is 37.7 Å². The Bertz CT molecular complexity index is 166. The van der Waals surface area contributed by atoms with Gasteiger partial charge in [0.2, 0.25) is 0 Å². The van der Waals surface area contributed by atoms with Gasteiger partial charge in [0, 0.05) is 42.0 Å². The molecule has 0 saturated carbocycles. The lowest BCUT2D eigenvalue weighted by molar-refractivity contribution is 0.271. The van der Waals surface area contributed by atoms with Crippen molar-refractivity contribution in [1.29, 1.82) is 0 Å². The Morgan fingerprint density at radius 2 is 1.71 bits per heavy atom. The van der Waals surface area contributed by atoms with Crippen LogP contribution in [-0.2, 0) is 10.8 Å². The van der Waals surface area contributed by atoms with Crippen LogP contribution in [0, 0.1) is 0 Å². The highest BCUT2D eigenvalue weighted by Gasteiger charge is 2.13. The molecule has 14 heavy (non-hydrogen) atoms. The Morgan fingerprint density at radius 3 is 2.36 bits per heavy atom. The molecule has 84 valence electrons. The zero-order chi connectivity index (χ0) is 10.2. The average Bonchev–Trinajstić information content (AvgIpc) is 2.21. The summed E-state index contributed by atoms with van der Waals surface area (Å²) in [5.74, 6) is 1.72. The van der Waals surface area contributed by atoms with E-state index in [1.807, 2.05) is 0 Å². The summed E-state index contributed by atoms with van der Waals surface area (Å²) < 4.78 is 11.1. The first-order valence-electron chi connectivity index (χ1n) is 5.51. The molecule has 3 nitrogen and oxygen atoms in total. The standard InChI is InChI=1S/C10H21NO2S/c12-8-4-2-1-3-5-11-6-9-14(13)10-7-11/h12H,1-10H2. The summed E-state index contributed by atoms with van der Waals surface area (Å²) >= 11 is 0. The van der Waals surface area contributed by atoms with E-state index in [1.165, 1.54) is 12.8 Å². The van der Waals surface area contributed by atoms with Gasteiger partial charge in [0.25, 0.3) is 0 Å². The molecule has 1 heterocycles. The van der Waals surface area contributed by atoms with Crippen LogP contribution < -0.4 is 0 Å². The number of rotatable bonds is 6. The molecule has 1 rings (SSSR count). The predicted octanol–water partition coefficient (Wildman–Crippen LogP) is 0.603. The van der Waals surface area contributed by atoms with Crippen molar-refractivity contribution in [1.82, 2.24) is 4.90 Å². The summed E-state index contributed by atoms with van der Waals surface area (Å²) in [4.78, 5) is 2.40. The molecule has 4 heteroatoms. The molecule has 0 spiro atoms. The van der Waals surface area contributed by atoms with E-state index in [0.29, 0.717) is 6.61 Å². The first kappa shape index (κ1) is 12.1. The molecule has 0 amide bonds. The van der Waals surface area contributed by atoms with Gasteiger partial charge in [-0.2, -0.15) is 0 Å². The molecule has 0 radical (unpaired) electrons. The van der Waals surface area contributed by atoms with Crippen LogP contribution in [-0.4, -0.2) is 52.0 Å². The normalized spacial score (nSPS) is 20.1. The summed E-state index contributed by atoms with van der Waals surface area (Å²) in [6.07, 6.45) is 4.49. The highest BCUT2D eigenvalue weighted by molar-refractivity contribution is 7.85. The zero-order valence-corrected chi connectivity index (χ0v) is 9.60. The topological polar surface area (TPSA) is 40.5 Å². The second-order valence-electron chi connectivity index (χ2n) is 3.83. The zero-order valence-electron chi connectivity index (χ0n) is 8.78. The Morgan fingerprint density at radius 1 is 1.07 bits per heavy atom. The molecule has 0 unspecified atom stereocenters. The van der Waals surface area contributed by atoms with Crippen molar-refractivity contribution in [3.8, 4) is 0 Å².